The zero-order chi connectivity index (χ0) is 31.1. The number of non-ortho nitro benzene ring substituents is 1. The molecule has 5 aromatic rings. The van der Waals surface area contributed by atoms with Gasteiger partial charge in [0.05, 0.1) is 28.3 Å². The molecule has 0 unspecified atom stereocenters. The summed E-state index contributed by atoms with van der Waals surface area (Å²) in [5.41, 5.74) is 6.42. The largest absolute Gasteiger partial charge is 0.493 e. The second-order valence-corrected chi connectivity index (χ2v) is 11.8. The summed E-state index contributed by atoms with van der Waals surface area (Å²) in [5.74, 6) is 0.648. The minimum absolute atomic E-state index is 0.0138. The van der Waals surface area contributed by atoms with E-state index in [0.29, 0.717) is 20.8 Å². The lowest BCUT2D eigenvalue weighted by molar-refractivity contribution is -0.384. The molecule has 4 aromatic carbocycles. The van der Waals surface area contributed by atoms with Gasteiger partial charge in [0.1, 0.15) is 12.4 Å². The van der Waals surface area contributed by atoms with E-state index in [2.05, 4.69) is 12.1 Å². The molecule has 0 radical (unpaired) electrons. The van der Waals surface area contributed by atoms with Crippen LogP contribution in [0.15, 0.2) is 106 Å². The summed E-state index contributed by atoms with van der Waals surface area (Å²) in [6, 6.07) is 25.7. The molecule has 1 atom stereocenters. The van der Waals surface area contributed by atoms with Crippen molar-refractivity contribution in [1.82, 2.24) is 4.57 Å². The van der Waals surface area contributed by atoms with E-state index in [0.717, 1.165) is 46.4 Å². The molecule has 45 heavy (non-hydrogen) atoms. The number of hydrogen-bond donors (Lipinski definition) is 0. The van der Waals surface area contributed by atoms with Crippen LogP contribution in [0.1, 0.15) is 40.3 Å². The van der Waals surface area contributed by atoms with Gasteiger partial charge in [0.15, 0.2) is 16.3 Å². The highest BCUT2D eigenvalue weighted by molar-refractivity contribution is 7.07. The van der Waals surface area contributed by atoms with Gasteiger partial charge in [-0.3, -0.25) is 19.5 Å². The van der Waals surface area contributed by atoms with Gasteiger partial charge in [0.2, 0.25) is 0 Å². The average molecular weight is 620 g/mol. The molecule has 0 amide bonds. The molecule has 0 saturated carbocycles. The molecule has 7 rings (SSSR count). The summed E-state index contributed by atoms with van der Waals surface area (Å²) < 4.78 is 27.7. The van der Waals surface area contributed by atoms with Crippen molar-refractivity contribution in [1.29, 1.82) is 0 Å². The van der Waals surface area contributed by atoms with Crippen molar-refractivity contribution in [3.63, 3.8) is 0 Å². The molecule has 10 heteroatoms. The molecule has 0 N–H and O–H groups in total. The van der Waals surface area contributed by atoms with Crippen LogP contribution in [0.25, 0.3) is 11.8 Å². The zero-order valence-electron chi connectivity index (χ0n) is 24.1. The Morgan fingerprint density at radius 2 is 1.80 bits per heavy atom. The Labute approximate surface area is 260 Å². The first-order valence-electron chi connectivity index (χ1n) is 14.3. The lowest BCUT2D eigenvalue weighted by Crippen LogP contribution is -2.38. The number of rotatable bonds is 7. The minimum Gasteiger partial charge on any atom is -0.493 e. The van der Waals surface area contributed by atoms with Crippen LogP contribution >= 0.6 is 11.3 Å². The van der Waals surface area contributed by atoms with Crippen LogP contribution in [0.2, 0.25) is 0 Å². The van der Waals surface area contributed by atoms with Gasteiger partial charge in [-0.1, -0.05) is 53.8 Å². The van der Waals surface area contributed by atoms with Crippen molar-refractivity contribution in [2.45, 2.75) is 25.5 Å². The molecule has 0 fully saturated rings. The molecule has 1 aromatic heterocycles. The van der Waals surface area contributed by atoms with Gasteiger partial charge in [-0.05, 0) is 83.1 Å². The first-order valence-corrected chi connectivity index (χ1v) is 15.1. The van der Waals surface area contributed by atoms with Gasteiger partial charge < -0.3 is 9.47 Å². The van der Waals surface area contributed by atoms with Gasteiger partial charge in [-0.2, -0.15) is 0 Å². The third kappa shape index (κ3) is 5.33. The smallest absolute Gasteiger partial charge is 0.271 e. The third-order valence-electron chi connectivity index (χ3n) is 8.09. The summed E-state index contributed by atoms with van der Waals surface area (Å²) >= 11 is 1.32. The monoisotopic (exact) mass is 619 g/mol. The Morgan fingerprint density at radius 3 is 2.56 bits per heavy atom. The van der Waals surface area contributed by atoms with Crippen molar-refractivity contribution in [3.05, 3.63) is 160 Å². The number of nitro groups is 1. The molecule has 2 heterocycles. The van der Waals surface area contributed by atoms with Gasteiger partial charge in [-0.25, -0.2) is 9.38 Å². The van der Waals surface area contributed by atoms with Gasteiger partial charge >= 0.3 is 0 Å². The van der Waals surface area contributed by atoms with Crippen LogP contribution in [-0.2, 0) is 13.0 Å². The number of hydrogen-bond acceptors (Lipinski definition) is 7. The van der Waals surface area contributed by atoms with Crippen molar-refractivity contribution < 1.29 is 18.8 Å². The van der Waals surface area contributed by atoms with E-state index in [1.807, 2.05) is 24.3 Å². The molecule has 0 spiro atoms. The average Bonchev–Trinajstić information content (AvgIpc) is 3.37. The Kier molecular flexibility index (Phi) is 7.34. The number of allylic oxidation sites excluding steroid dienone is 1. The van der Waals surface area contributed by atoms with Crippen LogP contribution in [0.4, 0.5) is 10.1 Å². The summed E-state index contributed by atoms with van der Waals surface area (Å²) in [7, 11) is 1.54. The van der Waals surface area contributed by atoms with Crippen LogP contribution in [0.5, 0.6) is 11.5 Å². The van der Waals surface area contributed by atoms with Crippen molar-refractivity contribution in [2.24, 2.45) is 4.99 Å². The van der Waals surface area contributed by atoms with E-state index in [1.165, 1.54) is 48.3 Å². The minimum atomic E-state index is -0.445. The second-order valence-electron chi connectivity index (χ2n) is 10.8. The maximum absolute atomic E-state index is 14.0. The van der Waals surface area contributed by atoms with E-state index in [4.69, 9.17) is 14.5 Å². The Morgan fingerprint density at radius 1 is 1.02 bits per heavy atom. The Bertz CT molecular complexity index is 2170. The van der Waals surface area contributed by atoms with Crippen molar-refractivity contribution >= 4 is 28.8 Å². The first kappa shape index (κ1) is 28.4. The SMILES string of the molecule is COc1cc(/C=c2/sc3n(c2=O)[C@@H](c2ccc(F)cc2)C2=C(N=3)c3ccccc3CC2)ccc1OCc1ccc([N+](=O)[O-])cc1. The lowest BCUT2D eigenvalue weighted by atomic mass is 9.83. The van der Waals surface area contributed by atoms with Crippen LogP contribution in [0.3, 0.4) is 0 Å². The van der Waals surface area contributed by atoms with Gasteiger partial charge in [0.25, 0.3) is 11.2 Å². The topological polar surface area (TPSA) is 96.0 Å². The maximum Gasteiger partial charge on any atom is 0.271 e. The highest BCUT2D eigenvalue weighted by Crippen LogP contribution is 2.41. The Balaban J connectivity index is 1.26. The molecule has 0 bridgehead atoms. The number of thiazole rings is 1. The molecule has 1 aliphatic heterocycles. The number of fused-ring (bicyclic) bond motifs is 3. The van der Waals surface area contributed by atoms with E-state index < -0.39 is 11.0 Å². The first-order chi connectivity index (χ1) is 21.9. The third-order valence-corrected chi connectivity index (χ3v) is 9.07. The second kappa shape index (κ2) is 11.6. The number of nitrogens with zero attached hydrogens (tertiary/aromatic N) is 3. The van der Waals surface area contributed by atoms with E-state index >= 15 is 0 Å². The number of aromatic nitrogens is 1. The highest BCUT2D eigenvalue weighted by Gasteiger charge is 2.32. The molecule has 8 nitrogen and oxygen atoms in total. The molecular weight excluding hydrogens is 593 g/mol. The Hall–Kier alpha value is -5.35. The predicted octanol–water partition coefficient (Wildman–Crippen LogP) is 5.95. The quantitative estimate of drug-likeness (QED) is 0.166. The summed E-state index contributed by atoms with van der Waals surface area (Å²) in [6.45, 7) is 0.198. The molecular formula is C35H26FN3O5S. The van der Waals surface area contributed by atoms with Crippen LogP contribution < -0.4 is 24.4 Å². The zero-order valence-corrected chi connectivity index (χ0v) is 24.9. The highest BCUT2D eigenvalue weighted by atomic mass is 32.1. The van der Waals surface area contributed by atoms with Crippen LogP contribution in [-0.4, -0.2) is 16.6 Å². The number of methoxy groups -OCH3 is 1. The fraction of sp³-hybridized carbons (Fsp3) is 0.143. The summed E-state index contributed by atoms with van der Waals surface area (Å²) in [4.78, 5) is 30.1. The molecule has 2 aliphatic rings. The molecule has 1 aliphatic carbocycles. The number of aryl methyl sites for hydroxylation is 1. The number of halogens is 1. The van der Waals surface area contributed by atoms with Crippen molar-refractivity contribution in [2.75, 3.05) is 7.11 Å². The fourth-order valence-corrected chi connectivity index (χ4v) is 6.89. The van der Waals surface area contributed by atoms with Crippen LogP contribution in [0, 0.1) is 15.9 Å². The van der Waals surface area contributed by atoms with Gasteiger partial charge in [-0.15, -0.1) is 0 Å². The molecule has 0 saturated heterocycles. The van der Waals surface area contributed by atoms with E-state index in [-0.39, 0.29) is 23.7 Å². The summed E-state index contributed by atoms with van der Waals surface area (Å²) in [6.07, 6.45) is 3.40. The lowest BCUT2D eigenvalue weighted by Gasteiger charge is -2.30. The number of benzene rings is 4. The van der Waals surface area contributed by atoms with Gasteiger partial charge in [0, 0.05) is 17.7 Å². The standard InChI is InChI=1S/C35H26FN3O5S/c1-43-30-18-22(8-17-29(30)44-20-21-6-14-26(15-7-21)39(41)42)19-31-34(40)38-33(24-9-12-25(36)13-10-24)28-16-11-23-4-2-3-5-27(23)32(28)37-35(38)45-31/h2-10,12-15,17-19,33H,11,16,20H2,1H3/b31-19+/t33-/m0/s1. The van der Waals surface area contributed by atoms with Crippen molar-refractivity contribution in [3.8, 4) is 11.5 Å². The maximum atomic E-state index is 14.0. The predicted molar refractivity (Wildman–Crippen MR) is 170 cm³/mol. The van der Waals surface area contributed by atoms with E-state index in [9.17, 15) is 19.3 Å². The van der Waals surface area contributed by atoms with E-state index in [1.54, 1.807) is 41.0 Å². The summed E-state index contributed by atoms with van der Waals surface area (Å²) in [5, 5.41) is 10.9. The fourth-order valence-electron chi connectivity index (χ4n) is 5.89. The number of nitro benzene ring substituents is 1. The number of ether oxygens (including phenoxy) is 2. The normalized spacial score (nSPS) is 15.5. The molecule has 224 valence electrons.